The number of carbonyl (C=O) groups is 1. The molecule has 0 aliphatic heterocycles. The number of rotatable bonds is 1. The Balaban J connectivity index is 2.65. The number of carboxylic acid groups (broad SMARTS) is 1. The monoisotopic (exact) mass is 142 g/mol. The molecule has 1 aliphatic rings. The third-order valence-electron chi connectivity index (χ3n) is 1.79. The van der Waals surface area contributed by atoms with Crippen LogP contribution in [-0.2, 0) is 4.79 Å². The fraction of sp³-hybridized carbons (Fsp3) is 0.667. The molecule has 1 aliphatic carbocycles. The van der Waals surface area contributed by atoms with E-state index in [1.807, 2.05) is 0 Å². The molecule has 0 saturated heterocycles. The van der Waals surface area contributed by atoms with Gasteiger partial charge in [0, 0.05) is 25.2 Å². The maximum atomic E-state index is 10.4. The molecule has 10 heavy (non-hydrogen) atoms. The van der Waals surface area contributed by atoms with Gasteiger partial charge in [-0.3, -0.25) is 9.79 Å². The topological polar surface area (TPSA) is 75.7 Å². The van der Waals surface area contributed by atoms with Crippen LogP contribution in [0.1, 0.15) is 6.42 Å². The van der Waals surface area contributed by atoms with Gasteiger partial charge in [-0.15, -0.1) is 0 Å². The Hall–Kier alpha value is -0.900. The summed E-state index contributed by atoms with van der Waals surface area (Å²) in [5.74, 6) is -1.38. The van der Waals surface area contributed by atoms with E-state index in [1.165, 1.54) is 0 Å². The summed E-state index contributed by atoms with van der Waals surface area (Å²) in [6, 6.07) is -0.226. The van der Waals surface area contributed by atoms with Gasteiger partial charge in [0.1, 0.15) is 5.92 Å². The zero-order valence-electron chi connectivity index (χ0n) is 5.74. The largest absolute Gasteiger partial charge is 0.481 e. The Morgan fingerprint density at radius 3 is 2.70 bits per heavy atom. The van der Waals surface area contributed by atoms with Gasteiger partial charge in [-0.05, 0) is 0 Å². The highest BCUT2D eigenvalue weighted by atomic mass is 16.4. The number of carboxylic acids is 1. The first-order chi connectivity index (χ1) is 4.66. The molecule has 2 unspecified atom stereocenters. The molecular weight excluding hydrogens is 132 g/mol. The van der Waals surface area contributed by atoms with Gasteiger partial charge in [0.25, 0.3) is 0 Å². The predicted molar refractivity (Wildman–Crippen MR) is 37.1 cm³/mol. The maximum absolute atomic E-state index is 10.4. The van der Waals surface area contributed by atoms with Crippen molar-refractivity contribution in [3.05, 3.63) is 0 Å². The zero-order valence-corrected chi connectivity index (χ0v) is 5.74. The van der Waals surface area contributed by atoms with Crippen molar-refractivity contribution >= 4 is 11.7 Å². The molecule has 2 atom stereocenters. The summed E-state index contributed by atoms with van der Waals surface area (Å²) >= 11 is 0. The van der Waals surface area contributed by atoms with Gasteiger partial charge in [0.2, 0.25) is 0 Å². The average Bonchev–Trinajstić information content (AvgIpc) is 1.80. The first kappa shape index (κ1) is 7.21. The summed E-state index contributed by atoms with van der Waals surface area (Å²) in [6.45, 7) is 0. The van der Waals surface area contributed by atoms with Crippen molar-refractivity contribution < 1.29 is 9.90 Å². The molecule has 0 heterocycles. The zero-order chi connectivity index (χ0) is 7.72. The number of nitrogens with two attached hydrogens (primary N) is 1. The minimum atomic E-state index is -0.862. The molecule has 4 nitrogen and oxygen atoms in total. The minimum absolute atomic E-state index is 0.226. The van der Waals surface area contributed by atoms with E-state index in [4.69, 9.17) is 10.8 Å². The van der Waals surface area contributed by atoms with Crippen LogP contribution in [0.25, 0.3) is 0 Å². The van der Waals surface area contributed by atoms with Crippen LogP contribution in [-0.4, -0.2) is 29.9 Å². The van der Waals surface area contributed by atoms with Crippen LogP contribution in [0, 0.1) is 5.92 Å². The number of aliphatic imine (C=N–C) groups is 1. The molecule has 0 amide bonds. The van der Waals surface area contributed by atoms with Gasteiger partial charge in [-0.1, -0.05) is 0 Å². The number of hydrogen-bond donors (Lipinski definition) is 2. The van der Waals surface area contributed by atoms with Crippen LogP contribution < -0.4 is 5.73 Å². The van der Waals surface area contributed by atoms with E-state index in [0.717, 1.165) is 0 Å². The van der Waals surface area contributed by atoms with E-state index >= 15 is 0 Å². The van der Waals surface area contributed by atoms with Crippen molar-refractivity contribution in [3.63, 3.8) is 0 Å². The van der Waals surface area contributed by atoms with Crippen molar-refractivity contribution in [2.45, 2.75) is 12.5 Å². The second kappa shape index (κ2) is 2.38. The van der Waals surface area contributed by atoms with Crippen molar-refractivity contribution in [1.82, 2.24) is 0 Å². The third kappa shape index (κ3) is 0.903. The molecule has 0 radical (unpaired) electrons. The van der Waals surface area contributed by atoms with Crippen LogP contribution >= 0.6 is 0 Å². The van der Waals surface area contributed by atoms with E-state index < -0.39 is 11.9 Å². The highest BCUT2D eigenvalue weighted by Gasteiger charge is 2.39. The lowest BCUT2D eigenvalue weighted by Gasteiger charge is -2.31. The van der Waals surface area contributed by atoms with E-state index in [9.17, 15) is 4.79 Å². The summed E-state index contributed by atoms with van der Waals surface area (Å²) in [5, 5.41) is 8.54. The molecule has 56 valence electrons. The summed E-state index contributed by atoms with van der Waals surface area (Å²) < 4.78 is 0. The van der Waals surface area contributed by atoms with E-state index in [-0.39, 0.29) is 6.04 Å². The molecule has 0 aromatic rings. The standard InChI is InChI=1S/C6H10N2O2/c1-8-4-2-3(7)5(4)6(9)10/h3,5H,2,7H2,1H3,(H,9,10). The normalized spacial score (nSPS) is 35.6. The van der Waals surface area contributed by atoms with E-state index in [0.29, 0.717) is 12.1 Å². The van der Waals surface area contributed by atoms with Gasteiger partial charge in [-0.25, -0.2) is 0 Å². The van der Waals surface area contributed by atoms with Crippen LogP contribution in [0.4, 0.5) is 0 Å². The smallest absolute Gasteiger partial charge is 0.313 e. The Kier molecular flexibility index (Phi) is 1.72. The van der Waals surface area contributed by atoms with Gasteiger partial charge in [-0.2, -0.15) is 0 Å². The molecule has 0 bridgehead atoms. The van der Waals surface area contributed by atoms with Gasteiger partial charge in [0.05, 0.1) is 0 Å². The van der Waals surface area contributed by atoms with Crippen LogP contribution in [0.5, 0.6) is 0 Å². The summed E-state index contributed by atoms with van der Waals surface area (Å²) in [5.41, 5.74) is 6.14. The average molecular weight is 142 g/mol. The molecule has 4 heteroatoms. The van der Waals surface area contributed by atoms with Crippen molar-refractivity contribution in [2.24, 2.45) is 16.6 Å². The second-order valence-corrected chi connectivity index (χ2v) is 2.40. The van der Waals surface area contributed by atoms with Crippen molar-refractivity contribution in [3.8, 4) is 0 Å². The summed E-state index contributed by atoms with van der Waals surface area (Å²) in [6.07, 6.45) is 0.632. The first-order valence-corrected chi connectivity index (χ1v) is 3.10. The SMILES string of the molecule is CN=C1CC(N)C1C(=O)O. The van der Waals surface area contributed by atoms with Gasteiger partial charge < -0.3 is 10.8 Å². The Bertz CT molecular complexity index is 188. The second-order valence-electron chi connectivity index (χ2n) is 2.40. The lowest BCUT2D eigenvalue weighted by Crippen LogP contribution is -2.52. The lowest BCUT2D eigenvalue weighted by molar-refractivity contribution is -0.140. The van der Waals surface area contributed by atoms with Gasteiger partial charge >= 0.3 is 5.97 Å². The quantitative estimate of drug-likeness (QED) is 0.517. The summed E-state index contributed by atoms with van der Waals surface area (Å²) in [7, 11) is 1.59. The van der Waals surface area contributed by atoms with E-state index in [1.54, 1.807) is 7.05 Å². The number of aliphatic carboxylic acids is 1. The van der Waals surface area contributed by atoms with Gasteiger partial charge in [0.15, 0.2) is 0 Å². The van der Waals surface area contributed by atoms with Crippen LogP contribution in [0.15, 0.2) is 4.99 Å². The highest BCUT2D eigenvalue weighted by Crippen LogP contribution is 2.22. The maximum Gasteiger partial charge on any atom is 0.313 e. The lowest BCUT2D eigenvalue weighted by atomic mass is 9.78. The van der Waals surface area contributed by atoms with Crippen LogP contribution in [0.3, 0.4) is 0 Å². The molecule has 0 spiro atoms. The molecule has 1 rings (SSSR count). The van der Waals surface area contributed by atoms with Crippen molar-refractivity contribution in [2.75, 3.05) is 7.05 Å². The fourth-order valence-electron chi connectivity index (χ4n) is 1.13. The molecular formula is C6H10N2O2. The Labute approximate surface area is 58.7 Å². The minimum Gasteiger partial charge on any atom is -0.481 e. The number of nitrogens with zero attached hydrogens (tertiary/aromatic N) is 1. The fourth-order valence-corrected chi connectivity index (χ4v) is 1.13. The first-order valence-electron chi connectivity index (χ1n) is 3.10. The van der Waals surface area contributed by atoms with Crippen molar-refractivity contribution in [1.29, 1.82) is 0 Å². The third-order valence-corrected chi connectivity index (χ3v) is 1.79. The molecule has 0 aromatic heterocycles. The van der Waals surface area contributed by atoms with Crippen LogP contribution in [0.2, 0.25) is 0 Å². The Morgan fingerprint density at radius 1 is 1.90 bits per heavy atom. The van der Waals surface area contributed by atoms with E-state index in [2.05, 4.69) is 4.99 Å². The molecule has 1 fully saturated rings. The molecule has 1 saturated carbocycles. The Morgan fingerprint density at radius 2 is 2.50 bits per heavy atom. The molecule has 0 aromatic carbocycles. The molecule has 3 N–H and O–H groups in total. The predicted octanol–water partition coefficient (Wildman–Crippen LogP) is -0.511. The number of hydrogen-bond acceptors (Lipinski definition) is 3. The highest BCUT2D eigenvalue weighted by molar-refractivity contribution is 6.07. The summed E-state index contributed by atoms with van der Waals surface area (Å²) in [4.78, 5) is 14.2.